The van der Waals surface area contributed by atoms with Crippen LogP contribution in [0.5, 0.6) is 5.75 Å². The average Bonchev–Trinajstić information content (AvgIpc) is 3.03. The summed E-state index contributed by atoms with van der Waals surface area (Å²) < 4.78 is 5.37. The lowest BCUT2D eigenvalue weighted by molar-refractivity contribution is 0.0976. The Hall–Kier alpha value is -3.05. The molecule has 0 aliphatic carbocycles. The minimum Gasteiger partial charge on any atom is -0.495 e. The SMILES string of the molecule is COc1ccc(Cl)cc1Nc1ccnc(C(=O)N2c3ccccc3CC2C)c1. The van der Waals surface area contributed by atoms with Crippen LogP contribution in [0.15, 0.2) is 60.8 Å². The molecule has 3 aromatic rings. The Bertz CT molecular complexity index is 1040. The lowest BCUT2D eigenvalue weighted by atomic mass is 10.1. The smallest absolute Gasteiger partial charge is 0.277 e. The maximum atomic E-state index is 13.2. The number of methoxy groups -OCH3 is 1. The Morgan fingerprint density at radius 3 is 2.86 bits per heavy atom. The van der Waals surface area contributed by atoms with Gasteiger partial charge in [0, 0.05) is 28.6 Å². The topological polar surface area (TPSA) is 54.5 Å². The van der Waals surface area contributed by atoms with Crippen molar-refractivity contribution in [3.05, 3.63) is 77.1 Å². The van der Waals surface area contributed by atoms with Crippen molar-refractivity contribution < 1.29 is 9.53 Å². The number of fused-ring (bicyclic) bond motifs is 1. The number of hydrogen-bond acceptors (Lipinski definition) is 4. The highest BCUT2D eigenvalue weighted by Gasteiger charge is 2.31. The van der Waals surface area contributed by atoms with Gasteiger partial charge in [-0.3, -0.25) is 9.78 Å². The number of carbonyl (C=O) groups excluding carboxylic acids is 1. The van der Waals surface area contributed by atoms with Crippen LogP contribution < -0.4 is 15.0 Å². The average molecular weight is 394 g/mol. The van der Waals surface area contributed by atoms with Crippen molar-refractivity contribution in [1.29, 1.82) is 0 Å². The van der Waals surface area contributed by atoms with E-state index in [0.29, 0.717) is 16.5 Å². The molecule has 1 atom stereocenters. The van der Waals surface area contributed by atoms with Crippen LogP contribution in [-0.2, 0) is 6.42 Å². The zero-order chi connectivity index (χ0) is 19.7. The Morgan fingerprint density at radius 2 is 2.04 bits per heavy atom. The maximum absolute atomic E-state index is 13.2. The number of para-hydroxylation sites is 1. The molecule has 0 bridgehead atoms. The number of benzene rings is 2. The van der Waals surface area contributed by atoms with Gasteiger partial charge in [-0.2, -0.15) is 0 Å². The van der Waals surface area contributed by atoms with Crippen molar-refractivity contribution in [2.45, 2.75) is 19.4 Å². The van der Waals surface area contributed by atoms with Crippen molar-refractivity contribution in [2.75, 3.05) is 17.3 Å². The second-order valence-electron chi connectivity index (χ2n) is 6.76. The Labute approximate surface area is 168 Å². The van der Waals surface area contributed by atoms with Crippen LogP contribution in [0.25, 0.3) is 0 Å². The first-order valence-electron chi connectivity index (χ1n) is 9.05. The molecule has 0 spiro atoms. The number of rotatable bonds is 4. The molecule has 0 saturated carbocycles. The van der Waals surface area contributed by atoms with Crippen LogP contribution in [0.3, 0.4) is 0 Å². The van der Waals surface area contributed by atoms with Gasteiger partial charge in [0.25, 0.3) is 5.91 Å². The maximum Gasteiger partial charge on any atom is 0.277 e. The van der Waals surface area contributed by atoms with Gasteiger partial charge < -0.3 is 15.0 Å². The number of aromatic nitrogens is 1. The van der Waals surface area contributed by atoms with E-state index in [2.05, 4.69) is 23.3 Å². The third-order valence-electron chi connectivity index (χ3n) is 4.85. The van der Waals surface area contributed by atoms with Crippen LogP contribution in [0.2, 0.25) is 5.02 Å². The number of carbonyl (C=O) groups is 1. The van der Waals surface area contributed by atoms with Crippen LogP contribution in [0, 0.1) is 0 Å². The Morgan fingerprint density at radius 1 is 1.21 bits per heavy atom. The Balaban J connectivity index is 1.63. The van der Waals surface area contributed by atoms with Crippen LogP contribution in [-0.4, -0.2) is 24.0 Å². The van der Waals surface area contributed by atoms with Gasteiger partial charge in [-0.15, -0.1) is 0 Å². The van der Waals surface area contributed by atoms with Crippen molar-refractivity contribution in [2.24, 2.45) is 0 Å². The molecule has 6 heteroatoms. The quantitative estimate of drug-likeness (QED) is 0.671. The molecule has 0 saturated heterocycles. The number of anilines is 3. The molecular weight excluding hydrogens is 374 g/mol. The summed E-state index contributed by atoms with van der Waals surface area (Å²) in [6.07, 6.45) is 2.47. The first kappa shape index (κ1) is 18.3. The monoisotopic (exact) mass is 393 g/mol. The van der Waals surface area contributed by atoms with Crippen LogP contribution >= 0.6 is 11.6 Å². The summed E-state index contributed by atoms with van der Waals surface area (Å²) in [5, 5.41) is 3.85. The first-order chi connectivity index (χ1) is 13.6. The summed E-state index contributed by atoms with van der Waals surface area (Å²) in [6, 6.07) is 17.0. The summed E-state index contributed by atoms with van der Waals surface area (Å²) in [5.41, 5.74) is 3.98. The highest BCUT2D eigenvalue weighted by Crippen LogP contribution is 2.34. The van der Waals surface area contributed by atoms with Gasteiger partial charge in [0.15, 0.2) is 0 Å². The summed E-state index contributed by atoms with van der Waals surface area (Å²) in [6.45, 7) is 2.05. The summed E-state index contributed by atoms with van der Waals surface area (Å²) >= 11 is 6.10. The van der Waals surface area contributed by atoms with E-state index < -0.39 is 0 Å². The van der Waals surface area contributed by atoms with E-state index in [4.69, 9.17) is 16.3 Å². The molecule has 2 aromatic carbocycles. The number of nitrogens with one attached hydrogen (secondary N) is 1. The normalized spacial score (nSPS) is 15.2. The van der Waals surface area contributed by atoms with Gasteiger partial charge in [-0.05, 0) is 55.3 Å². The van der Waals surface area contributed by atoms with Crippen molar-refractivity contribution >= 4 is 34.6 Å². The largest absolute Gasteiger partial charge is 0.495 e. The van der Waals surface area contributed by atoms with E-state index in [1.54, 1.807) is 43.6 Å². The lowest BCUT2D eigenvalue weighted by Gasteiger charge is -2.22. The predicted molar refractivity (Wildman–Crippen MR) is 112 cm³/mol. The van der Waals surface area contributed by atoms with Crippen LogP contribution in [0.4, 0.5) is 17.1 Å². The van der Waals surface area contributed by atoms with Crippen LogP contribution in [0.1, 0.15) is 23.0 Å². The molecule has 142 valence electrons. The second-order valence-corrected chi connectivity index (χ2v) is 7.19. The molecule has 1 N–H and O–H groups in total. The molecular formula is C22H20ClN3O2. The highest BCUT2D eigenvalue weighted by atomic mass is 35.5. The molecule has 0 radical (unpaired) electrons. The van der Waals surface area contributed by atoms with Gasteiger partial charge in [-0.25, -0.2) is 0 Å². The first-order valence-corrected chi connectivity index (χ1v) is 9.42. The third kappa shape index (κ3) is 3.41. The van der Waals surface area contributed by atoms with Gasteiger partial charge in [-0.1, -0.05) is 29.8 Å². The Kier molecular flexibility index (Phi) is 4.92. The minimum atomic E-state index is -0.112. The number of pyridine rings is 1. The number of ether oxygens (including phenoxy) is 1. The molecule has 4 rings (SSSR count). The summed E-state index contributed by atoms with van der Waals surface area (Å²) in [4.78, 5) is 19.3. The molecule has 1 aliphatic rings. The molecule has 28 heavy (non-hydrogen) atoms. The molecule has 2 heterocycles. The fourth-order valence-corrected chi connectivity index (χ4v) is 3.73. The van der Waals surface area contributed by atoms with Gasteiger partial charge >= 0.3 is 0 Å². The van der Waals surface area contributed by atoms with Crippen molar-refractivity contribution in [1.82, 2.24) is 4.98 Å². The number of nitrogens with zero attached hydrogens (tertiary/aromatic N) is 2. The fourth-order valence-electron chi connectivity index (χ4n) is 3.56. The molecule has 1 aliphatic heterocycles. The van der Waals surface area contributed by atoms with E-state index in [0.717, 1.165) is 23.5 Å². The predicted octanol–water partition coefficient (Wildman–Crippen LogP) is 5.08. The van der Waals surface area contributed by atoms with E-state index in [-0.39, 0.29) is 11.9 Å². The standard InChI is InChI=1S/C22H20ClN3O2/c1-14-11-15-5-3-4-6-20(15)26(14)22(27)19-13-17(9-10-24-19)25-18-12-16(23)7-8-21(18)28-2/h3-10,12-14H,11H2,1-2H3,(H,24,25). The molecule has 1 amide bonds. The van der Waals surface area contributed by atoms with E-state index in [9.17, 15) is 4.79 Å². The van der Waals surface area contributed by atoms with Gasteiger partial charge in [0.05, 0.1) is 12.8 Å². The number of hydrogen-bond donors (Lipinski definition) is 1. The zero-order valence-corrected chi connectivity index (χ0v) is 16.4. The third-order valence-corrected chi connectivity index (χ3v) is 5.08. The molecule has 5 nitrogen and oxygen atoms in total. The fraction of sp³-hybridized carbons (Fsp3) is 0.182. The van der Waals surface area contributed by atoms with Crippen molar-refractivity contribution in [3.8, 4) is 5.75 Å². The highest BCUT2D eigenvalue weighted by molar-refractivity contribution is 6.31. The van der Waals surface area contributed by atoms with E-state index in [1.807, 2.05) is 23.1 Å². The zero-order valence-electron chi connectivity index (χ0n) is 15.6. The number of amides is 1. The van der Waals surface area contributed by atoms with Crippen molar-refractivity contribution in [3.63, 3.8) is 0 Å². The molecule has 1 aromatic heterocycles. The van der Waals surface area contributed by atoms with Gasteiger partial charge in [0.2, 0.25) is 0 Å². The number of halogens is 1. The molecule has 1 unspecified atom stereocenters. The van der Waals surface area contributed by atoms with E-state index in [1.165, 1.54) is 5.56 Å². The second kappa shape index (κ2) is 7.52. The van der Waals surface area contributed by atoms with Gasteiger partial charge in [0.1, 0.15) is 11.4 Å². The summed E-state index contributed by atoms with van der Waals surface area (Å²) in [5.74, 6) is 0.551. The summed E-state index contributed by atoms with van der Waals surface area (Å²) in [7, 11) is 1.60. The minimum absolute atomic E-state index is 0.0938. The lowest BCUT2D eigenvalue weighted by Crippen LogP contribution is -2.36. The van der Waals surface area contributed by atoms with E-state index >= 15 is 0 Å². The molecule has 0 fully saturated rings.